The van der Waals surface area contributed by atoms with Crippen molar-refractivity contribution >= 4 is 34.7 Å². The number of ether oxygens (including phenoxy) is 1. The minimum atomic E-state index is -0.938. The van der Waals surface area contributed by atoms with Crippen LogP contribution in [0.1, 0.15) is 29.7 Å². The molecule has 34 heavy (non-hydrogen) atoms. The Hall–Kier alpha value is -4.46. The number of pyridine rings is 1. The second-order valence-corrected chi connectivity index (χ2v) is 7.89. The number of hydrogen-bond donors (Lipinski definition) is 2. The molecular weight excluding hydrogens is 434 g/mol. The molecule has 2 amide bonds. The van der Waals surface area contributed by atoms with Gasteiger partial charge in [0.1, 0.15) is 11.5 Å². The molecule has 1 atom stereocenters. The van der Waals surface area contributed by atoms with Crippen LogP contribution in [0.3, 0.4) is 0 Å². The number of hydrogen-bond acceptors (Lipinski definition) is 6. The zero-order valence-corrected chi connectivity index (χ0v) is 18.9. The van der Waals surface area contributed by atoms with E-state index in [9.17, 15) is 19.5 Å². The number of carbonyl (C=O) groups is 3. The number of benzene rings is 2. The van der Waals surface area contributed by atoms with Gasteiger partial charge in [-0.3, -0.25) is 24.3 Å². The van der Waals surface area contributed by atoms with Gasteiger partial charge in [-0.05, 0) is 48.9 Å². The Morgan fingerprint density at radius 2 is 1.91 bits per heavy atom. The van der Waals surface area contributed by atoms with Gasteiger partial charge in [-0.15, -0.1) is 0 Å². The summed E-state index contributed by atoms with van der Waals surface area (Å²) < 4.78 is 5.39. The number of aryl methyl sites for hydroxylation is 1. The third kappa shape index (κ3) is 4.13. The van der Waals surface area contributed by atoms with Gasteiger partial charge in [-0.1, -0.05) is 23.8 Å². The molecule has 1 saturated heterocycles. The number of amides is 2. The molecule has 2 N–H and O–H groups in total. The Morgan fingerprint density at radius 3 is 2.59 bits per heavy atom. The van der Waals surface area contributed by atoms with E-state index in [2.05, 4.69) is 10.3 Å². The van der Waals surface area contributed by atoms with Crippen molar-refractivity contribution in [3.8, 4) is 5.75 Å². The van der Waals surface area contributed by atoms with E-state index in [0.29, 0.717) is 28.3 Å². The maximum Gasteiger partial charge on any atom is 0.300 e. The summed E-state index contributed by atoms with van der Waals surface area (Å²) in [6.07, 6.45) is 3.12. The van der Waals surface area contributed by atoms with E-state index in [1.807, 2.05) is 13.0 Å². The first kappa shape index (κ1) is 22.7. The van der Waals surface area contributed by atoms with Crippen molar-refractivity contribution in [1.29, 1.82) is 0 Å². The maximum absolute atomic E-state index is 13.3. The fourth-order valence-corrected chi connectivity index (χ4v) is 4.04. The number of Topliss-reactive ketones (excluding diaryl/α,β-unsaturated/α-hetero) is 1. The van der Waals surface area contributed by atoms with Gasteiger partial charge in [0.15, 0.2) is 0 Å². The van der Waals surface area contributed by atoms with Crippen molar-refractivity contribution in [3.63, 3.8) is 0 Å². The van der Waals surface area contributed by atoms with E-state index in [1.54, 1.807) is 60.9 Å². The molecule has 0 bridgehead atoms. The summed E-state index contributed by atoms with van der Waals surface area (Å²) in [7, 11) is 1.46. The van der Waals surface area contributed by atoms with Crippen molar-refractivity contribution in [3.05, 3.63) is 89.3 Å². The number of aromatic nitrogens is 1. The molecule has 3 aromatic rings. The predicted molar refractivity (Wildman–Crippen MR) is 127 cm³/mol. The van der Waals surface area contributed by atoms with E-state index >= 15 is 0 Å². The summed E-state index contributed by atoms with van der Waals surface area (Å²) in [5.41, 5.74) is 2.47. The number of aliphatic hydroxyl groups excluding tert-OH is 1. The number of ketones is 1. The van der Waals surface area contributed by atoms with Crippen LogP contribution in [0.5, 0.6) is 5.75 Å². The quantitative estimate of drug-likeness (QED) is 0.341. The highest BCUT2D eigenvalue weighted by molar-refractivity contribution is 6.51. The van der Waals surface area contributed by atoms with Crippen LogP contribution in [-0.2, 0) is 14.4 Å². The van der Waals surface area contributed by atoms with E-state index < -0.39 is 17.7 Å². The first-order chi connectivity index (χ1) is 16.3. The predicted octanol–water partition coefficient (Wildman–Crippen LogP) is 3.98. The standard InChI is InChI=1S/C26H23N3O5/c1-15-9-10-21(34-3)20(12-15)24(31)22-23(17-6-5-11-27-14-17)29(26(33)25(22)32)19-8-4-7-18(13-19)28-16(2)30/h4-14,23,31H,1-3H3,(H,28,30)/b24-22+. The van der Waals surface area contributed by atoms with Crippen molar-refractivity contribution in [2.24, 2.45) is 0 Å². The van der Waals surface area contributed by atoms with Crippen LogP contribution in [0.2, 0.25) is 0 Å². The van der Waals surface area contributed by atoms with Gasteiger partial charge in [0.2, 0.25) is 5.91 Å². The Bertz CT molecular complexity index is 1320. The average Bonchev–Trinajstić information content (AvgIpc) is 3.09. The van der Waals surface area contributed by atoms with Gasteiger partial charge in [0.25, 0.3) is 11.7 Å². The van der Waals surface area contributed by atoms with E-state index in [0.717, 1.165) is 5.56 Å². The van der Waals surface area contributed by atoms with Gasteiger partial charge in [-0.2, -0.15) is 0 Å². The molecule has 0 spiro atoms. The van der Waals surface area contributed by atoms with Gasteiger partial charge in [0, 0.05) is 30.7 Å². The smallest absolute Gasteiger partial charge is 0.300 e. The van der Waals surface area contributed by atoms with Crippen molar-refractivity contribution in [2.45, 2.75) is 19.9 Å². The zero-order valence-electron chi connectivity index (χ0n) is 18.9. The molecule has 0 saturated carbocycles. The summed E-state index contributed by atoms with van der Waals surface area (Å²) in [4.78, 5) is 43.6. The topological polar surface area (TPSA) is 109 Å². The lowest BCUT2D eigenvalue weighted by molar-refractivity contribution is -0.132. The summed E-state index contributed by atoms with van der Waals surface area (Å²) in [5.74, 6) is -1.88. The lowest BCUT2D eigenvalue weighted by Crippen LogP contribution is -2.29. The van der Waals surface area contributed by atoms with Gasteiger partial charge in [0.05, 0.1) is 24.3 Å². The first-order valence-electron chi connectivity index (χ1n) is 10.6. The molecule has 8 nitrogen and oxygen atoms in total. The molecule has 172 valence electrons. The molecule has 1 aromatic heterocycles. The summed E-state index contributed by atoms with van der Waals surface area (Å²) >= 11 is 0. The summed E-state index contributed by atoms with van der Waals surface area (Å²) in [6, 6.07) is 14.3. The Morgan fingerprint density at radius 1 is 1.12 bits per heavy atom. The Balaban J connectivity index is 1.94. The molecule has 8 heteroatoms. The average molecular weight is 457 g/mol. The lowest BCUT2D eigenvalue weighted by atomic mass is 9.95. The molecular formula is C26H23N3O5. The van der Waals surface area contributed by atoms with Crippen molar-refractivity contribution < 1.29 is 24.2 Å². The van der Waals surface area contributed by atoms with Gasteiger partial charge in [-0.25, -0.2) is 0 Å². The normalized spacial score (nSPS) is 17.0. The van der Waals surface area contributed by atoms with Gasteiger partial charge < -0.3 is 15.2 Å². The summed E-state index contributed by atoms with van der Waals surface area (Å²) in [5, 5.41) is 14.0. The third-order valence-corrected chi connectivity index (χ3v) is 5.50. The van der Waals surface area contributed by atoms with Crippen LogP contribution in [0.25, 0.3) is 5.76 Å². The second kappa shape index (κ2) is 9.19. The number of aliphatic hydroxyl groups is 1. The Kier molecular flexibility index (Phi) is 6.14. The number of carbonyl (C=O) groups excluding carboxylic acids is 3. The zero-order chi connectivity index (χ0) is 24.4. The second-order valence-electron chi connectivity index (χ2n) is 7.89. The van der Waals surface area contributed by atoms with Crippen LogP contribution < -0.4 is 15.0 Å². The third-order valence-electron chi connectivity index (χ3n) is 5.50. The molecule has 1 aliphatic rings. The summed E-state index contributed by atoms with van der Waals surface area (Å²) in [6.45, 7) is 3.23. The van der Waals surface area contributed by atoms with E-state index in [1.165, 1.54) is 18.9 Å². The fraction of sp³-hybridized carbons (Fsp3) is 0.154. The van der Waals surface area contributed by atoms with Crippen LogP contribution in [-0.4, -0.2) is 34.8 Å². The van der Waals surface area contributed by atoms with Crippen LogP contribution >= 0.6 is 0 Å². The molecule has 1 fully saturated rings. The highest BCUT2D eigenvalue weighted by Crippen LogP contribution is 2.43. The largest absolute Gasteiger partial charge is 0.507 e. The highest BCUT2D eigenvalue weighted by Gasteiger charge is 2.47. The minimum absolute atomic E-state index is 0.0770. The molecule has 1 unspecified atom stereocenters. The molecule has 0 aliphatic carbocycles. The monoisotopic (exact) mass is 457 g/mol. The number of nitrogens with zero attached hydrogens (tertiary/aromatic N) is 2. The minimum Gasteiger partial charge on any atom is -0.507 e. The number of rotatable bonds is 5. The lowest BCUT2D eigenvalue weighted by Gasteiger charge is -2.25. The Labute approximate surface area is 196 Å². The van der Waals surface area contributed by atoms with Gasteiger partial charge >= 0.3 is 0 Å². The first-order valence-corrected chi connectivity index (χ1v) is 10.6. The molecule has 2 heterocycles. The van der Waals surface area contributed by atoms with Crippen LogP contribution in [0.4, 0.5) is 11.4 Å². The number of anilines is 2. The van der Waals surface area contributed by atoms with Crippen molar-refractivity contribution in [1.82, 2.24) is 4.98 Å². The SMILES string of the molecule is COc1ccc(C)cc1/C(O)=C1\C(=O)C(=O)N(c2cccc(NC(C)=O)c2)C1c1cccnc1. The highest BCUT2D eigenvalue weighted by atomic mass is 16.5. The number of nitrogens with one attached hydrogen (secondary N) is 1. The van der Waals surface area contributed by atoms with Crippen LogP contribution in [0.15, 0.2) is 72.6 Å². The maximum atomic E-state index is 13.3. The molecule has 0 radical (unpaired) electrons. The molecule has 2 aromatic carbocycles. The molecule has 1 aliphatic heterocycles. The van der Waals surface area contributed by atoms with Crippen LogP contribution in [0, 0.1) is 6.92 Å². The van der Waals surface area contributed by atoms with E-state index in [4.69, 9.17) is 4.74 Å². The van der Waals surface area contributed by atoms with Crippen molar-refractivity contribution in [2.75, 3.05) is 17.3 Å². The van der Waals surface area contributed by atoms with E-state index in [-0.39, 0.29) is 17.2 Å². The molecule has 4 rings (SSSR count). The number of methoxy groups -OCH3 is 1. The fourth-order valence-electron chi connectivity index (χ4n) is 4.04.